The van der Waals surface area contributed by atoms with Crippen LogP contribution in [0.3, 0.4) is 0 Å². The summed E-state index contributed by atoms with van der Waals surface area (Å²) in [6.07, 6.45) is 14.7. The van der Waals surface area contributed by atoms with Gasteiger partial charge in [0.05, 0.1) is 7.11 Å². The van der Waals surface area contributed by atoms with Gasteiger partial charge in [0.1, 0.15) is 0 Å². The number of unbranched alkanes of at least 4 members (excludes halogenated alkanes) is 3. The van der Waals surface area contributed by atoms with Crippen LogP contribution in [0.15, 0.2) is 18.2 Å². The van der Waals surface area contributed by atoms with Crippen LogP contribution < -0.4 is 3.58 Å². The first kappa shape index (κ1) is 30.1. The van der Waals surface area contributed by atoms with Crippen molar-refractivity contribution in [2.24, 2.45) is 23.2 Å². The van der Waals surface area contributed by atoms with Crippen LogP contribution in [0.1, 0.15) is 122 Å². The van der Waals surface area contributed by atoms with Gasteiger partial charge in [0.2, 0.25) is 0 Å². The molecule has 3 aliphatic carbocycles. The van der Waals surface area contributed by atoms with Gasteiger partial charge in [0.25, 0.3) is 0 Å². The molecule has 2 fully saturated rings. The van der Waals surface area contributed by atoms with Gasteiger partial charge in [0, 0.05) is 0 Å². The number of hydrogen-bond donors (Lipinski definition) is 0. The van der Waals surface area contributed by atoms with Crippen LogP contribution >= 0.6 is 0 Å². The first-order valence-electron chi connectivity index (χ1n) is 16.1. The van der Waals surface area contributed by atoms with Gasteiger partial charge in [-0.3, -0.25) is 0 Å². The molecule has 0 saturated heterocycles. The van der Waals surface area contributed by atoms with E-state index in [1.54, 1.807) is 11.1 Å². The van der Waals surface area contributed by atoms with Crippen LogP contribution in [-0.4, -0.2) is 37.2 Å². The summed E-state index contributed by atoms with van der Waals surface area (Å²) in [6, 6.07) is 7.91. The molecule has 3 unspecified atom stereocenters. The molecule has 0 bridgehead atoms. The molecule has 0 radical (unpaired) electrons. The molecule has 212 valence electrons. The molecule has 0 amide bonds. The Morgan fingerprint density at radius 1 is 1.03 bits per heavy atom. The van der Waals surface area contributed by atoms with Crippen molar-refractivity contribution >= 4 is 33.7 Å². The van der Waals surface area contributed by atoms with Gasteiger partial charge in [-0.05, 0) is 0 Å². The van der Waals surface area contributed by atoms with Gasteiger partial charge in [-0.1, -0.05) is 0 Å². The molecule has 0 heterocycles. The minimum atomic E-state index is -2.44. The summed E-state index contributed by atoms with van der Waals surface area (Å²) >= 11 is -2.44. The van der Waals surface area contributed by atoms with Gasteiger partial charge < -0.3 is 0 Å². The van der Waals surface area contributed by atoms with E-state index < -0.39 is 18.4 Å². The third kappa shape index (κ3) is 5.93. The van der Waals surface area contributed by atoms with Crippen molar-refractivity contribution in [3.63, 3.8) is 0 Å². The molecular weight excluding hydrogens is 575 g/mol. The van der Waals surface area contributed by atoms with Gasteiger partial charge in [-0.15, -0.1) is 0 Å². The van der Waals surface area contributed by atoms with E-state index in [9.17, 15) is 9.59 Å². The molecule has 4 rings (SSSR count). The van der Waals surface area contributed by atoms with E-state index in [0.717, 1.165) is 19.3 Å². The summed E-state index contributed by atoms with van der Waals surface area (Å²) in [5, 5.41) is 0. The summed E-state index contributed by atoms with van der Waals surface area (Å²) < 4.78 is 11.3. The molecule has 0 N–H and O–H groups in total. The predicted octanol–water partition coefficient (Wildman–Crippen LogP) is 8.35. The van der Waals surface area contributed by atoms with Crippen molar-refractivity contribution in [1.29, 1.82) is 0 Å². The molecule has 1 aromatic carbocycles. The number of Topliss-reactive ketones (excluding diaryl/α,β-unsaturated/α-hetero) is 1. The Morgan fingerprint density at radius 3 is 2.29 bits per heavy atom. The van der Waals surface area contributed by atoms with Gasteiger partial charge in [-0.2, -0.15) is 0 Å². The molecule has 0 aromatic heterocycles. The number of carbonyl (C=O) groups excluding carboxylic acids is 2. The average molecular weight is 630 g/mol. The van der Waals surface area contributed by atoms with E-state index in [2.05, 4.69) is 45.9 Å². The second-order valence-corrected chi connectivity index (χ2v) is 26.5. The maximum absolute atomic E-state index is 13.3. The number of aryl methyl sites for hydroxylation is 1. The summed E-state index contributed by atoms with van der Waals surface area (Å²) in [5.41, 5.74) is 3.07. The van der Waals surface area contributed by atoms with Crippen molar-refractivity contribution in [2.75, 3.05) is 7.11 Å². The SMILES string of the molecule is CCC[CH2][Sn]([CH2]CCC)([CH2]CCC)[c]1ccc2c(c1)CCC1C2CC[C@]2(C)C(=O)C[C@@H](CCC(=O)OC)C12. The molecular formula is C34H54O3Sn. The molecule has 0 spiro atoms. The topological polar surface area (TPSA) is 43.4 Å². The van der Waals surface area contributed by atoms with Crippen molar-refractivity contribution in [3.05, 3.63) is 29.3 Å². The normalized spacial score (nSPS) is 28.5. The Hall–Kier alpha value is -0.841. The van der Waals surface area contributed by atoms with Crippen LogP contribution in [0.25, 0.3) is 0 Å². The van der Waals surface area contributed by atoms with Crippen LogP contribution in [0.4, 0.5) is 0 Å². The Bertz CT molecular complexity index is 949. The van der Waals surface area contributed by atoms with Gasteiger partial charge >= 0.3 is 231 Å². The Morgan fingerprint density at radius 2 is 1.68 bits per heavy atom. The maximum atomic E-state index is 13.3. The molecule has 1 aromatic rings. The van der Waals surface area contributed by atoms with Crippen LogP contribution in [0, 0.1) is 23.2 Å². The quantitative estimate of drug-likeness (QED) is 0.163. The fourth-order valence-corrected chi connectivity index (χ4v) is 25.0. The van der Waals surface area contributed by atoms with Crippen LogP contribution in [0.2, 0.25) is 13.3 Å². The summed E-state index contributed by atoms with van der Waals surface area (Å²) in [5.74, 6) is 2.24. The molecule has 3 nitrogen and oxygen atoms in total. The molecule has 0 aliphatic heterocycles. The van der Waals surface area contributed by atoms with E-state index in [1.807, 2.05) is 3.58 Å². The molecule has 2 saturated carbocycles. The number of fused-ring (bicyclic) bond motifs is 5. The van der Waals surface area contributed by atoms with E-state index in [4.69, 9.17) is 4.74 Å². The van der Waals surface area contributed by atoms with E-state index in [1.165, 1.54) is 71.8 Å². The standard InChI is InChI=1S/C22H27O3.3C4H9.Sn/c1-22-12-11-17-16-6-4-3-5-14(16)7-9-18(17)21(22)15(13-19(22)23)8-10-20(24)25-2;3*1-3-4-2;/h4-6,15,17-18,21H,7-13H2,1-2H3;3*1,3-4H2,2H3;/t15-,17?,18?,21?,22-;;;;/m1..../s1. The zero-order valence-electron chi connectivity index (χ0n) is 25.1. The van der Waals surface area contributed by atoms with E-state index in [-0.39, 0.29) is 11.4 Å². The van der Waals surface area contributed by atoms with Crippen molar-refractivity contribution in [1.82, 2.24) is 0 Å². The summed E-state index contributed by atoms with van der Waals surface area (Å²) in [7, 11) is 1.47. The fraction of sp³-hybridized carbons (Fsp3) is 0.765. The Labute approximate surface area is 237 Å². The number of hydrogen-bond acceptors (Lipinski definition) is 3. The fourth-order valence-electron chi connectivity index (χ4n) is 9.00. The minimum absolute atomic E-state index is 0.135. The molecule has 3 aliphatic rings. The summed E-state index contributed by atoms with van der Waals surface area (Å²) in [4.78, 5) is 25.2. The summed E-state index contributed by atoms with van der Waals surface area (Å²) in [6.45, 7) is 9.36. The number of rotatable bonds is 13. The van der Waals surface area contributed by atoms with Crippen molar-refractivity contribution in [2.45, 2.75) is 130 Å². The second-order valence-electron chi connectivity index (χ2n) is 13.3. The Balaban J connectivity index is 1.62. The third-order valence-corrected chi connectivity index (χ3v) is 26.8. The van der Waals surface area contributed by atoms with Gasteiger partial charge in [-0.25, -0.2) is 0 Å². The molecule has 5 atom stereocenters. The zero-order chi connectivity index (χ0) is 27.3. The van der Waals surface area contributed by atoms with Crippen molar-refractivity contribution < 1.29 is 14.3 Å². The molecule has 4 heteroatoms. The van der Waals surface area contributed by atoms with Crippen LogP contribution in [0.5, 0.6) is 0 Å². The van der Waals surface area contributed by atoms with Crippen LogP contribution in [-0.2, 0) is 20.7 Å². The monoisotopic (exact) mass is 630 g/mol. The number of benzene rings is 1. The van der Waals surface area contributed by atoms with Crippen molar-refractivity contribution in [3.8, 4) is 0 Å². The van der Waals surface area contributed by atoms with E-state index >= 15 is 0 Å². The number of carbonyl (C=O) groups is 2. The molecule has 38 heavy (non-hydrogen) atoms. The first-order chi connectivity index (χ1) is 18.3. The predicted molar refractivity (Wildman–Crippen MR) is 161 cm³/mol. The van der Waals surface area contributed by atoms with E-state index in [0.29, 0.717) is 42.3 Å². The van der Waals surface area contributed by atoms with Gasteiger partial charge in [0.15, 0.2) is 0 Å². The number of ether oxygens (including phenoxy) is 1. The number of methoxy groups -OCH3 is 1. The average Bonchev–Trinajstić information content (AvgIpc) is 3.20. The second kappa shape index (κ2) is 13.2. The first-order valence-corrected chi connectivity index (χ1v) is 23.5. The number of esters is 1. The number of ketones is 1. The Kier molecular flexibility index (Phi) is 10.5. The zero-order valence-corrected chi connectivity index (χ0v) is 27.9. The third-order valence-electron chi connectivity index (χ3n) is 11.2.